The standard InChI is InChI=1S/C10H17ClN2OS/c1-4-8-10(11)9(13(2)12-8)5-7(14)6-15-3/h7,14H,4-6H2,1-3H3. The average Bonchev–Trinajstić information content (AvgIpc) is 2.45. The molecule has 0 bridgehead atoms. The van der Waals surface area contributed by atoms with Crippen molar-refractivity contribution in [3.63, 3.8) is 0 Å². The Labute approximate surface area is 99.8 Å². The Bertz CT molecular complexity index is 327. The fourth-order valence-electron chi connectivity index (χ4n) is 1.52. The van der Waals surface area contributed by atoms with Gasteiger partial charge in [-0.25, -0.2) is 0 Å². The highest BCUT2D eigenvalue weighted by atomic mass is 35.5. The number of aryl methyl sites for hydroxylation is 2. The second kappa shape index (κ2) is 5.77. The molecule has 0 aromatic carbocycles. The molecule has 0 fully saturated rings. The van der Waals surface area contributed by atoms with E-state index in [1.807, 2.05) is 20.2 Å². The lowest BCUT2D eigenvalue weighted by molar-refractivity contribution is 0.197. The Morgan fingerprint density at radius 1 is 1.60 bits per heavy atom. The van der Waals surface area contributed by atoms with Gasteiger partial charge in [-0.15, -0.1) is 0 Å². The van der Waals surface area contributed by atoms with Crippen LogP contribution in [0.2, 0.25) is 5.02 Å². The maximum atomic E-state index is 9.71. The number of hydrogen-bond acceptors (Lipinski definition) is 3. The molecule has 0 saturated heterocycles. The Morgan fingerprint density at radius 2 is 2.27 bits per heavy atom. The number of halogens is 1. The Balaban J connectivity index is 2.80. The number of aliphatic hydroxyl groups is 1. The molecule has 1 aromatic heterocycles. The molecule has 1 heterocycles. The zero-order valence-corrected chi connectivity index (χ0v) is 10.9. The van der Waals surface area contributed by atoms with Gasteiger partial charge in [0.1, 0.15) is 0 Å². The quantitative estimate of drug-likeness (QED) is 0.865. The third-order valence-corrected chi connectivity index (χ3v) is 3.45. The molecular formula is C10H17ClN2OS. The summed E-state index contributed by atoms with van der Waals surface area (Å²) in [7, 11) is 1.87. The van der Waals surface area contributed by atoms with Gasteiger partial charge in [0.2, 0.25) is 0 Å². The smallest absolute Gasteiger partial charge is 0.0850 e. The molecule has 86 valence electrons. The summed E-state index contributed by atoms with van der Waals surface area (Å²) >= 11 is 7.80. The normalized spacial score (nSPS) is 13.1. The van der Waals surface area contributed by atoms with E-state index in [4.69, 9.17) is 11.6 Å². The van der Waals surface area contributed by atoms with Crippen LogP contribution in [0.15, 0.2) is 0 Å². The minimum Gasteiger partial charge on any atom is -0.392 e. The minimum atomic E-state index is -0.349. The van der Waals surface area contributed by atoms with Crippen LogP contribution in [0.1, 0.15) is 18.3 Å². The Morgan fingerprint density at radius 3 is 2.73 bits per heavy atom. The van der Waals surface area contributed by atoms with Crippen LogP contribution in [0.3, 0.4) is 0 Å². The van der Waals surface area contributed by atoms with Gasteiger partial charge in [-0.3, -0.25) is 4.68 Å². The van der Waals surface area contributed by atoms with E-state index < -0.39 is 0 Å². The third-order valence-electron chi connectivity index (χ3n) is 2.29. The molecule has 15 heavy (non-hydrogen) atoms. The number of rotatable bonds is 5. The van der Waals surface area contributed by atoms with E-state index in [-0.39, 0.29) is 6.10 Å². The molecular weight excluding hydrogens is 232 g/mol. The zero-order valence-electron chi connectivity index (χ0n) is 9.33. The molecule has 0 aliphatic rings. The number of thioether (sulfide) groups is 1. The highest BCUT2D eigenvalue weighted by Gasteiger charge is 2.16. The van der Waals surface area contributed by atoms with Gasteiger partial charge in [-0.1, -0.05) is 18.5 Å². The van der Waals surface area contributed by atoms with Crippen molar-refractivity contribution in [3.05, 3.63) is 16.4 Å². The molecule has 0 aliphatic heterocycles. The van der Waals surface area contributed by atoms with Gasteiger partial charge in [0.25, 0.3) is 0 Å². The van der Waals surface area contributed by atoms with E-state index in [9.17, 15) is 5.11 Å². The van der Waals surface area contributed by atoms with Crippen LogP contribution in [-0.4, -0.2) is 33.0 Å². The summed E-state index contributed by atoms with van der Waals surface area (Å²) in [4.78, 5) is 0. The van der Waals surface area contributed by atoms with Crippen molar-refractivity contribution < 1.29 is 5.11 Å². The lowest BCUT2D eigenvalue weighted by Gasteiger charge is -2.09. The summed E-state index contributed by atoms with van der Waals surface area (Å²) in [5.74, 6) is 0.725. The van der Waals surface area contributed by atoms with Crippen molar-refractivity contribution >= 4 is 23.4 Å². The van der Waals surface area contributed by atoms with Gasteiger partial charge >= 0.3 is 0 Å². The van der Waals surface area contributed by atoms with Crippen LogP contribution in [-0.2, 0) is 19.9 Å². The number of nitrogens with zero attached hydrogens (tertiary/aromatic N) is 2. The summed E-state index contributed by atoms with van der Waals surface area (Å²) in [6.07, 6.45) is 3.03. The summed E-state index contributed by atoms with van der Waals surface area (Å²) in [6, 6.07) is 0. The van der Waals surface area contributed by atoms with E-state index in [2.05, 4.69) is 5.10 Å². The summed E-state index contributed by atoms with van der Waals surface area (Å²) < 4.78 is 1.77. The first-order chi connectivity index (χ1) is 7.10. The van der Waals surface area contributed by atoms with Crippen LogP contribution < -0.4 is 0 Å². The first-order valence-corrected chi connectivity index (χ1v) is 6.74. The number of hydrogen-bond donors (Lipinski definition) is 1. The Hall–Kier alpha value is -0.190. The molecule has 0 amide bonds. The van der Waals surface area contributed by atoms with E-state index in [0.717, 1.165) is 23.6 Å². The molecule has 0 saturated carbocycles. The van der Waals surface area contributed by atoms with Crippen molar-refractivity contribution in [1.29, 1.82) is 0 Å². The second-order valence-corrected chi connectivity index (χ2v) is 4.79. The molecule has 1 N–H and O–H groups in total. The summed E-state index contributed by atoms with van der Waals surface area (Å²) in [5.41, 5.74) is 1.83. The fourth-order valence-corrected chi connectivity index (χ4v) is 2.39. The lowest BCUT2D eigenvalue weighted by atomic mass is 10.2. The van der Waals surface area contributed by atoms with Crippen LogP contribution >= 0.6 is 23.4 Å². The van der Waals surface area contributed by atoms with Crippen LogP contribution in [0, 0.1) is 0 Å². The topological polar surface area (TPSA) is 38.0 Å². The van der Waals surface area contributed by atoms with Crippen molar-refractivity contribution in [2.24, 2.45) is 7.05 Å². The first kappa shape index (κ1) is 12.9. The monoisotopic (exact) mass is 248 g/mol. The van der Waals surface area contributed by atoms with E-state index in [1.165, 1.54) is 0 Å². The van der Waals surface area contributed by atoms with Gasteiger partial charge in [0, 0.05) is 19.2 Å². The number of aliphatic hydroxyl groups excluding tert-OH is 1. The maximum Gasteiger partial charge on any atom is 0.0850 e. The molecule has 1 rings (SSSR count). The third kappa shape index (κ3) is 3.13. The molecule has 5 heteroatoms. The van der Waals surface area contributed by atoms with Crippen LogP contribution in [0.25, 0.3) is 0 Å². The molecule has 1 unspecified atom stereocenters. The van der Waals surface area contributed by atoms with E-state index in [0.29, 0.717) is 11.4 Å². The minimum absolute atomic E-state index is 0.349. The van der Waals surface area contributed by atoms with Crippen LogP contribution in [0.4, 0.5) is 0 Å². The molecule has 0 radical (unpaired) electrons. The second-order valence-electron chi connectivity index (χ2n) is 3.50. The fraction of sp³-hybridized carbons (Fsp3) is 0.700. The molecule has 1 aromatic rings. The van der Waals surface area contributed by atoms with E-state index in [1.54, 1.807) is 16.4 Å². The van der Waals surface area contributed by atoms with Crippen LogP contribution in [0.5, 0.6) is 0 Å². The highest BCUT2D eigenvalue weighted by Crippen LogP contribution is 2.22. The largest absolute Gasteiger partial charge is 0.392 e. The molecule has 0 aliphatic carbocycles. The first-order valence-electron chi connectivity index (χ1n) is 4.97. The van der Waals surface area contributed by atoms with Gasteiger partial charge < -0.3 is 5.11 Å². The zero-order chi connectivity index (χ0) is 11.4. The molecule has 0 spiro atoms. The van der Waals surface area contributed by atoms with Gasteiger partial charge in [0.05, 0.1) is 22.5 Å². The van der Waals surface area contributed by atoms with Gasteiger partial charge in [-0.2, -0.15) is 16.9 Å². The van der Waals surface area contributed by atoms with Crippen molar-refractivity contribution in [2.45, 2.75) is 25.9 Å². The Kier molecular flexibility index (Phi) is 4.96. The van der Waals surface area contributed by atoms with E-state index >= 15 is 0 Å². The van der Waals surface area contributed by atoms with Crippen molar-refractivity contribution in [1.82, 2.24) is 9.78 Å². The SMILES string of the molecule is CCc1nn(C)c(CC(O)CSC)c1Cl. The molecule has 1 atom stereocenters. The average molecular weight is 249 g/mol. The van der Waals surface area contributed by atoms with Crippen molar-refractivity contribution in [2.75, 3.05) is 12.0 Å². The summed E-state index contributed by atoms with van der Waals surface area (Å²) in [6.45, 7) is 2.02. The maximum absolute atomic E-state index is 9.71. The lowest BCUT2D eigenvalue weighted by Crippen LogP contribution is -2.15. The van der Waals surface area contributed by atoms with Gasteiger partial charge in [0.15, 0.2) is 0 Å². The predicted octanol–water partition coefficient (Wildman–Crippen LogP) is 1.90. The predicted molar refractivity (Wildman–Crippen MR) is 65.7 cm³/mol. The van der Waals surface area contributed by atoms with Crippen molar-refractivity contribution in [3.8, 4) is 0 Å². The molecule has 3 nitrogen and oxygen atoms in total. The highest BCUT2D eigenvalue weighted by molar-refractivity contribution is 7.98. The number of aromatic nitrogens is 2. The summed E-state index contributed by atoms with van der Waals surface area (Å²) in [5, 5.41) is 14.7. The van der Waals surface area contributed by atoms with Gasteiger partial charge in [-0.05, 0) is 12.7 Å².